The van der Waals surface area contributed by atoms with Gasteiger partial charge in [-0.15, -0.1) is 0 Å². The molecule has 1 aromatic carbocycles. The highest BCUT2D eigenvalue weighted by Gasteiger charge is 2.10. The number of aliphatic hydroxyl groups excluding tert-OH is 1. The molecule has 0 bridgehead atoms. The first kappa shape index (κ1) is 12.8. The number of hydrogen-bond acceptors (Lipinski definition) is 2. The topological polar surface area (TPSA) is 38.0 Å². The van der Waals surface area contributed by atoms with Crippen LogP contribution in [-0.2, 0) is 13.0 Å². The molecule has 0 aliphatic rings. The van der Waals surface area contributed by atoms with Gasteiger partial charge in [-0.25, -0.2) is 0 Å². The summed E-state index contributed by atoms with van der Waals surface area (Å²) >= 11 is 0. The fourth-order valence-corrected chi connectivity index (χ4v) is 2.00. The first-order chi connectivity index (χ1) is 8.60. The lowest BCUT2D eigenvalue weighted by atomic mass is 9.99. The minimum Gasteiger partial charge on any atom is -0.388 e. The second kappa shape index (κ2) is 5.36. The fourth-order valence-electron chi connectivity index (χ4n) is 2.00. The van der Waals surface area contributed by atoms with Crippen molar-refractivity contribution in [3.63, 3.8) is 0 Å². The van der Waals surface area contributed by atoms with Crippen molar-refractivity contribution in [2.75, 3.05) is 0 Å². The molecule has 0 fully saturated rings. The minimum atomic E-state index is -0.459. The zero-order valence-corrected chi connectivity index (χ0v) is 11.2. The molecule has 1 atom stereocenters. The summed E-state index contributed by atoms with van der Waals surface area (Å²) in [5, 5.41) is 14.5. The van der Waals surface area contributed by atoms with E-state index in [4.69, 9.17) is 0 Å². The predicted octanol–water partition coefficient (Wildman–Crippen LogP) is 2.80. The molecule has 2 aromatic rings. The van der Waals surface area contributed by atoms with Gasteiger partial charge in [-0.1, -0.05) is 18.2 Å². The number of aryl methyl sites for hydroxylation is 3. The number of rotatable bonds is 4. The van der Waals surface area contributed by atoms with Gasteiger partial charge in [-0.3, -0.25) is 4.68 Å². The Balaban J connectivity index is 2.11. The number of benzene rings is 1. The maximum Gasteiger partial charge on any atom is 0.0831 e. The summed E-state index contributed by atoms with van der Waals surface area (Å²) in [4.78, 5) is 0. The molecule has 0 saturated heterocycles. The van der Waals surface area contributed by atoms with Gasteiger partial charge in [-0.05, 0) is 43.0 Å². The van der Waals surface area contributed by atoms with Crippen LogP contribution in [0.2, 0.25) is 0 Å². The Labute approximate surface area is 108 Å². The standard InChI is InChI=1S/C15H20N2O/c1-4-17-10-13(9-16-17)8-15(18)14-6-5-11(2)12(3)7-14/h5-7,9-10,15,18H,4,8H2,1-3H3. The van der Waals surface area contributed by atoms with Crippen molar-refractivity contribution in [1.29, 1.82) is 0 Å². The molecule has 0 saturated carbocycles. The monoisotopic (exact) mass is 244 g/mol. The molecule has 0 amide bonds. The van der Waals surface area contributed by atoms with Crippen LogP contribution >= 0.6 is 0 Å². The molecule has 2 rings (SSSR count). The predicted molar refractivity (Wildman–Crippen MR) is 72.5 cm³/mol. The van der Waals surface area contributed by atoms with E-state index in [0.717, 1.165) is 17.7 Å². The Morgan fingerprint density at radius 2 is 2.06 bits per heavy atom. The van der Waals surface area contributed by atoms with Crippen LogP contribution in [0.4, 0.5) is 0 Å². The zero-order valence-electron chi connectivity index (χ0n) is 11.2. The van der Waals surface area contributed by atoms with Crippen molar-refractivity contribution >= 4 is 0 Å². The van der Waals surface area contributed by atoms with Crippen LogP contribution in [0.25, 0.3) is 0 Å². The number of aliphatic hydroxyl groups is 1. The average Bonchev–Trinajstić information content (AvgIpc) is 2.80. The molecule has 1 N–H and O–H groups in total. The second-order valence-corrected chi connectivity index (χ2v) is 4.77. The van der Waals surface area contributed by atoms with Crippen LogP contribution in [0.5, 0.6) is 0 Å². The average molecular weight is 244 g/mol. The molecular formula is C15H20N2O. The van der Waals surface area contributed by atoms with Gasteiger partial charge >= 0.3 is 0 Å². The third-order valence-electron chi connectivity index (χ3n) is 3.36. The normalized spacial score (nSPS) is 12.7. The van der Waals surface area contributed by atoms with Crippen LogP contribution < -0.4 is 0 Å². The molecule has 3 heteroatoms. The van der Waals surface area contributed by atoms with E-state index in [9.17, 15) is 5.11 Å². The van der Waals surface area contributed by atoms with Gasteiger partial charge in [0.25, 0.3) is 0 Å². The van der Waals surface area contributed by atoms with E-state index in [1.807, 2.05) is 23.1 Å². The van der Waals surface area contributed by atoms with E-state index in [1.54, 1.807) is 0 Å². The molecule has 0 spiro atoms. The Kier molecular flexibility index (Phi) is 3.82. The van der Waals surface area contributed by atoms with Crippen molar-refractivity contribution in [1.82, 2.24) is 9.78 Å². The van der Waals surface area contributed by atoms with Gasteiger partial charge in [0, 0.05) is 19.2 Å². The van der Waals surface area contributed by atoms with Crippen molar-refractivity contribution in [2.24, 2.45) is 0 Å². The van der Waals surface area contributed by atoms with Gasteiger partial charge in [0.05, 0.1) is 12.3 Å². The maximum absolute atomic E-state index is 10.2. The molecule has 1 unspecified atom stereocenters. The lowest BCUT2D eigenvalue weighted by Crippen LogP contribution is -2.02. The van der Waals surface area contributed by atoms with Crippen LogP contribution in [0.15, 0.2) is 30.6 Å². The summed E-state index contributed by atoms with van der Waals surface area (Å²) in [7, 11) is 0. The number of nitrogens with zero attached hydrogens (tertiary/aromatic N) is 2. The van der Waals surface area contributed by atoms with Crippen LogP contribution in [0, 0.1) is 13.8 Å². The summed E-state index contributed by atoms with van der Waals surface area (Å²) in [6.45, 7) is 7.06. The molecule has 96 valence electrons. The minimum absolute atomic E-state index is 0.459. The molecular weight excluding hydrogens is 224 g/mol. The smallest absolute Gasteiger partial charge is 0.0831 e. The summed E-state index contributed by atoms with van der Waals surface area (Å²) in [5.74, 6) is 0. The van der Waals surface area contributed by atoms with Crippen LogP contribution in [0.1, 0.15) is 35.3 Å². The molecule has 0 aliphatic heterocycles. The first-order valence-electron chi connectivity index (χ1n) is 6.36. The third kappa shape index (κ3) is 2.79. The van der Waals surface area contributed by atoms with Gasteiger partial charge in [0.15, 0.2) is 0 Å². The molecule has 1 heterocycles. The van der Waals surface area contributed by atoms with E-state index in [2.05, 4.69) is 38.0 Å². The Morgan fingerprint density at radius 1 is 1.28 bits per heavy atom. The lowest BCUT2D eigenvalue weighted by Gasteiger charge is -2.11. The van der Waals surface area contributed by atoms with Crippen LogP contribution in [-0.4, -0.2) is 14.9 Å². The Bertz CT molecular complexity index is 531. The summed E-state index contributed by atoms with van der Waals surface area (Å²) in [5.41, 5.74) is 4.52. The molecule has 3 nitrogen and oxygen atoms in total. The quantitative estimate of drug-likeness (QED) is 0.898. The van der Waals surface area contributed by atoms with Crippen molar-refractivity contribution in [2.45, 2.75) is 39.8 Å². The molecule has 0 radical (unpaired) electrons. The zero-order chi connectivity index (χ0) is 13.1. The van der Waals surface area contributed by atoms with E-state index in [1.165, 1.54) is 11.1 Å². The highest BCUT2D eigenvalue weighted by atomic mass is 16.3. The first-order valence-corrected chi connectivity index (χ1v) is 6.36. The summed E-state index contributed by atoms with van der Waals surface area (Å²) in [6, 6.07) is 6.12. The lowest BCUT2D eigenvalue weighted by molar-refractivity contribution is 0.178. The molecule has 0 aliphatic carbocycles. The summed E-state index contributed by atoms with van der Waals surface area (Å²) < 4.78 is 1.88. The Hall–Kier alpha value is -1.61. The van der Waals surface area contributed by atoms with Gasteiger partial charge < -0.3 is 5.11 Å². The van der Waals surface area contributed by atoms with Crippen molar-refractivity contribution in [3.05, 3.63) is 52.8 Å². The van der Waals surface area contributed by atoms with Gasteiger partial charge in [0.2, 0.25) is 0 Å². The second-order valence-electron chi connectivity index (χ2n) is 4.77. The highest BCUT2D eigenvalue weighted by Crippen LogP contribution is 2.20. The van der Waals surface area contributed by atoms with Crippen LogP contribution in [0.3, 0.4) is 0 Å². The van der Waals surface area contributed by atoms with E-state index in [0.29, 0.717) is 6.42 Å². The number of hydrogen-bond donors (Lipinski definition) is 1. The van der Waals surface area contributed by atoms with Crippen molar-refractivity contribution < 1.29 is 5.11 Å². The van der Waals surface area contributed by atoms with E-state index < -0.39 is 6.10 Å². The van der Waals surface area contributed by atoms with E-state index in [-0.39, 0.29) is 0 Å². The summed E-state index contributed by atoms with van der Waals surface area (Å²) in [6.07, 6.45) is 3.97. The van der Waals surface area contributed by atoms with Gasteiger partial charge in [0.1, 0.15) is 0 Å². The van der Waals surface area contributed by atoms with Gasteiger partial charge in [-0.2, -0.15) is 5.10 Å². The number of aromatic nitrogens is 2. The maximum atomic E-state index is 10.2. The SMILES string of the molecule is CCn1cc(CC(O)c2ccc(C)c(C)c2)cn1. The van der Waals surface area contributed by atoms with Crippen molar-refractivity contribution in [3.8, 4) is 0 Å². The highest BCUT2D eigenvalue weighted by molar-refractivity contribution is 5.31. The Morgan fingerprint density at radius 3 is 2.67 bits per heavy atom. The van der Waals surface area contributed by atoms with E-state index >= 15 is 0 Å². The molecule has 1 aromatic heterocycles. The fraction of sp³-hybridized carbons (Fsp3) is 0.400. The largest absolute Gasteiger partial charge is 0.388 e. The third-order valence-corrected chi connectivity index (χ3v) is 3.36. The molecule has 18 heavy (non-hydrogen) atoms.